The van der Waals surface area contributed by atoms with Gasteiger partial charge in [0.05, 0.1) is 24.8 Å². The number of anilines is 1. The Labute approximate surface area is 187 Å². The first-order chi connectivity index (χ1) is 13.8. The maximum absolute atomic E-state index is 12.8. The zero-order chi connectivity index (χ0) is 21.1. The number of ether oxygens (including phenoxy) is 2. The van der Waals surface area contributed by atoms with Gasteiger partial charge in [-0.25, -0.2) is 4.79 Å². The number of halogens is 1. The number of hydrogen-bond acceptors (Lipinski definition) is 6. The minimum absolute atomic E-state index is 0.111. The molecule has 0 unspecified atom stereocenters. The van der Waals surface area contributed by atoms with E-state index in [-0.39, 0.29) is 11.1 Å². The Morgan fingerprint density at radius 3 is 2.76 bits per heavy atom. The maximum Gasteiger partial charge on any atom is 0.341 e. The van der Waals surface area contributed by atoms with Crippen LogP contribution < -0.4 is 15.4 Å². The molecule has 154 valence electrons. The topological polar surface area (TPSA) is 76.7 Å². The van der Waals surface area contributed by atoms with Gasteiger partial charge in [0.15, 0.2) is 5.11 Å². The van der Waals surface area contributed by atoms with Crippen LogP contribution in [0.25, 0.3) is 0 Å². The average molecular weight is 497 g/mol. The summed E-state index contributed by atoms with van der Waals surface area (Å²) in [5, 5.41) is 6.40. The Morgan fingerprint density at radius 2 is 2.07 bits per heavy atom. The third-order valence-electron chi connectivity index (χ3n) is 4.54. The molecule has 3 rings (SSSR count). The first-order valence-electron chi connectivity index (χ1n) is 9.13. The van der Waals surface area contributed by atoms with Crippen LogP contribution in [0.3, 0.4) is 0 Å². The number of nitrogens with one attached hydrogen (secondary N) is 2. The first kappa shape index (κ1) is 21.7. The highest BCUT2D eigenvalue weighted by molar-refractivity contribution is 9.10. The Balaban J connectivity index is 1.80. The van der Waals surface area contributed by atoms with E-state index in [1.807, 2.05) is 13.0 Å². The summed E-state index contributed by atoms with van der Waals surface area (Å²) in [5.41, 5.74) is 2.74. The fourth-order valence-corrected chi connectivity index (χ4v) is 5.50. The summed E-state index contributed by atoms with van der Waals surface area (Å²) < 4.78 is 11.3. The van der Waals surface area contributed by atoms with Crippen LogP contribution >= 0.6 is 39.5 Å². The Bertz CT molecular complexity index is 987. The molecule has 0 radical (unpaired) electrons. The van der Waals surface area contributed by atoms with E-state index >= 15 is 0 Å². The zero-order valence-electron chi connectivity index (χ0n) is 16.3. The molecule has 1 heterocycles. The molecule has 0 fully saturated rings. The van der Waals surface area contributed by atoms with Gasteiger partial charge < -0.3 is 14.8 Å². The maximum atomic E-state index is 12.8. The number of hydrogen-bond donors (Lipinski definition) is 2. The summed E-state index contributed by atoms with van der Waals surface area (Å²) in [7, 11) is 1.52. The predicted octanol–water partition coefficient (Wildman–Crippen LogP) is 4.62. The van der Waals surface area contributed by atoms with Gasteiger partial charge in [-0.15, -0.1) is 11.3 Å². The van der Waals surface area contributed by atoms with Crippen LogP contribution in [0.2, 0.25) is 0 Å². The third-order valence-corrected chi connectivity index (χ3v) is 6.41. The lowest BCUT2D eigenvalue weighted by molar-refractivity contribution is 0.0527. The quantitative estimate of drug-likeness (QED) is 0.464. The van der Waals surface area contributed by atoms with Gasteiger partial charge in [-0.05, 0) is 68.6 Å². The number of esters is 1. The van der Waals surface area contributed by atoms with E-state index in [4.69, 9.17) is 21.7 Å². The van der Waals surface area contributed by atoms with E-state index in [0.29, 0.717) is 28.5 Å². The number of rotatable bonds is 5. The molecule has 1 aliphatic rings. The Kier molecular flexibility index (Phi) is 6.92. The van der Waals surface area contributed by atoms with E-state index in [0.717, 1.165) is 39.7 Å². The molecule has 0 aliphatic heterocycles. The van der Waals surface area contributed by atoms with E-state index < -0.39 is 5.91 Å². The number of benzene rings is 1. The molecule has 0 saturated heterocycles. The number of carbonyl (C=O) groups is 2. The van der Waals surface area contributed by atoms with Crippen LogP contribution in [0.4, 0.5) is 5.00 Å². The first-order valence-corrected chi connectivity index (χ1v) is 11.2. The molecule has 2 N–H and O–H groups in total. The standard InChI is InChI=1S/C20H21BrN2O4S2/c1-4-27-19(25)15-12-6-5-7-14(12)29-18(15)23-20(28)22-17(24)13-9-11(21)8-10(2)16(13)26-3/h8-9H,4-7H2,1-3H3,(H2,22,23,24,28). The van der Waals surface area contributed by atoms with Gasteiger partial charge in [-0.1, -0.05) is 15.9 Å². The lowest BCUT2D eigenvalue weighted by Crippen LogP contribution is -2.34. The molecule has 6 nitrogen and oxygen atoms in total. The monoisotopic (exact) mass is 496 g/mol. The number of carbonyl (C=O) groups excluding carboxylic acids is 2. The van der Waals surface area contributed by atoms with Crippen molar-refractivity contribution >= 4 is 61.5 Å². The molecule has 1 aromatic carbocycles. The molecule has 1 amide bonds. The smallest absolute Gasteiger partial charge is 0.341 e. The second kappa shape index (κ2) is 9.23. The van der Waals surface area contributed by atoms with Crippen molar-refractivity contribution in [3.05, 3.63) is 43.7 Å². The fourth-order valence-electron chi connectivity index (χ4n) is 3.39. The van der Waals surface area contributed by atoms with Gasteiger partial charge in [-0.2, -0.15) is 0 Å². The Morgan fingerprint density at radius 1 is 1.31 bits per heavy atom. The molecule has 29 heavy (non-hydrogen) atoms. The summed E-state index contributed by atoms with van der Waals surface area (Å²) in [6.07, 6.45) is 2.80. The summed E-state index contributed by atoms with van der Waals surface area (Å²) in [5.74, 6) is -0.283. The SMILES string of the molecule is CCOC(=O)c1c(NC(=S)NC(=O)c2cc(Br)cc(C)c2OC)sc2c1CCC2. The van der Waals surface area contributed by atoms with Crippen LogP contribution in [0.5, 0.6) is 5.75 Å². The van der Waals surface area contributed by atoms with Crippen molar-refractivity contribution < 1.29 is 19.1 Å². The number of thiophene rings is 1. The van der Waals surface area contributed by atoms with Crippen LogP contribution in [0.1, 0.15) is 50.1 Å². The Hall–Kier alpha value is -1.97. The van der Waals surface area contributed by atoms with E-state index in [1.165, 1.54) is 18.4 Å². The minimum Gasteiger partial charge on any atom is -0.496 e. The van der Waals surface area contributed by atoms with E-state index in [9.17, 15) is 9.59 Å². The fraction of sp³-hybridized carbons (Fsp3) is 0.350. The highest BCUT2D eigenvalue weighted by atomic mass is 79.9. The molecule has 1 aromatic heterocycles. The number of thiocarbonyl (C=S) groups is 1. The van der Waals surface area contributed by atoms with Crippen LogP contribution in [0, 0.1) is 6.92 Å². The van der Waals surface area contributed by atoms with Crippen LogP contribution in [0.15, 0.2) is 16.6 Å². The molecule has 2 aromatic rings. The highest BCUT2D eigenvalue weighted by Gasteiger charge is 2.28. The number of aryl methyl sites for hydroxylation is 2. The normalized spacial score (nSPS) is 12.3. The van der Waals surface area contributed by atoms with Gasteiger partial charge in [0, 0.05) is 9.35 Å². The lowest BCUT2D eigenvalue weighted by atomic mass is 10.1. The molecule has 0 spiro atoms. The summed E-state index contributed by atoms with van der Waals surface area (Å²) in [4.78, 5) is 26.4. The molecule has 1 aliphatic carbocycles. The van der Waals surface area contributed by atoms with Gasteiger partial charge in [-0.3, -0.25) is 10.1 Å². The third kappa shape index (κ3) is 4.62. The van der Waals surface area contributed by atoms with Crippen molar-refractivity contribution in [1.29, 1.82) is 0 Å². The molecule has 0 bridgehead atoms. The van der Waals surface area contributed by atoms with Crippen LogP contribution in [-0.2, 0) is 17.6 Å². The largest absolute Gasteiger partial charge is 0.496 e. The van der Waals surface area contributed by atoms with Gasteiger partial charge >= 0.3 is 5.97 Å². The molecule has 0 saturated carbocycles. The summed E-state index contributed by atoms with van der Waals surface area (Å²) in [6.45, 7) is 3.93. The second-order valence-electron chi connectivity index (χ2n) is 6.49. The van der Waals surface area contributed by atoms with Crippen molar-refractivity contribution in [2.24, 2.45) is 0 Å². The lowest BCUT2D eigenvalue weighted by Gasteiger charge is -2.14. The van der Waals surface area contributed by atoms with Crippen molar-refractivity contribution in [1.82, 2.24) is 5.32 Å². The number of methoxy groups -OCH3 is 1. The van der Waals surface area contributed by atoms with Crippen molar-refractivity contribution in [2.75, 3.05) is 19.0 Å². The van der Waals surface area contributed by atoms with Gasteiger partial charge in [0.25, 0.3) is 5.91 Å². The van der Waals surface area contributed by atoms with Crippen molar-refractivity contribution in [3.8, 4) is 5.75 Å². The van der Waals surface area contributed by atoms with Gasteiger partial charge in [0.2, 0.25) is 0 Å². The van der Waals surface area contributed by atoms with Crippen LogP contribution in [-0.4, -0.2) is 30.7 Å². The highest BCUT2D eigenvalue weighted by Crippen LogP contribution is 2.39. The van der Waals surface area contributed by atoms with Crippen molar-refractivity contribution in [2.45, 2.75) is 33.1 Å². The van der Waals surface area contributed by atoms with Gasteiger partial charge in [0.1, 0.15) is 10.8 Å². The predicted molar refractivity (Wildman–Crippen MR) is 121 cm³/mol. The molecule has 0 atom stereocenters. The van der Waals surface area contributed by atoms with E-state index in [1.54, 1.807) is 13.0 Å². The minimum atomic E-state index is -0.398. The second-order valence-corrected chi connectivity index (χ2v) is 8.92. The number of fused-ring (bicyclic) bond motifs is 1. The zero-order valence-corrected chi connectivity index (χ0v) is 19.5. The van der Waals surface area contributed by atoms with E-state index in [2.05, 4.69) is 26.6 Å². The average Bonchev–Trinajstić information content (AvgIpc) is 3.21. The summed E-state index contributed by atoms with van der Waals surface area (Å²) >= 11 is 10.2. The molecular weight excluding hydrogens is 476 g/mol. The molecule has 9 heteroatoms. The molecular formula is C20H21BrN2O4S2. The van der Waals surface area contributed by atoms with Crippen molar-refractivity contribution in [3.63, 3.8) is 0 Å². The number of amides is 1. The summed E-state index contributed by atoms with van der Waals surface area (Å²) in [6, 6.07) is 3.54.